The molecular formula is C21H39ClN4O. The fraction of sp³-hybridized carbons (Fsp3) is 0.667. The summed E-state index contributed by atoms with van der Waals surface area (Å²) in [5, 5.41) is 0.712. The number of Topliss-reactive ketones (excluding diaryl/α,β-unsaturated/α-hetero) is 1. The first-order valence-electron chi connectivity index (χ1n) is 9.58. The quantitative estimate of drug-likeness (QED) is 0.693. The second-order valence-corrected chi connectivity index (χ2v) is 8.54. The summed E-state index contributed by atoms with van der Waals surface area (Å²) < 4.78 is 0. The van der Waals surface area contributed by atoms with E-state index in [1.807, 2.05) is 20.8 Å². The summed E-state index contributed by atoms with van der Waals surface area (Å²) >= 11 is 6.40. The van der Waals surface area contributed by atoms with Crippen LogP contribution >= 0.6 is 11.6 Å². The first kappa shape index (κ1) is 25.7. The van der Waals surface area contributed by atoms with Crippen LogP contribution in [0.1, 0.15) is 48.5 Å². The number of hydrogen-bond acceptors (Lipinski definition) is 5. The van der Waals surface area contributed by atoms with E-state index in [0.717, 1.165) is 26.2 Å². The van der Waals surface area contributed by atoms with E-state index >= 15 is 0 Å². The summed E-state index contributed by atoms with van der Waals surface area (Å²) in [7, 11) is 0. The molecule has 1 heterocycles. The summed E-state index contributed by atoms with van der Waals surface area (Å²) in [5.41, 5.74) is 12.4. The van der Waals surface area contributed by atoms with Crippen LogP contribution in [0.2, 0.25) is 0 Å². The smallest absolute Gasteiger partial charge is 0.135 e. The number of rotatable bonds is 5. The van der Waals surface area contributed by atoms with Crippen LogP contribution in [0.25, 0.3) is 0 Å². The molecule has 0 spiro atoms. The van der Waals surface area contributed by atoms with Gasteiger partial charge in [-0.2, -0.15) is 0 Å². The highest BCUT2D eigenvalue weighted by Gasteiger charge is 2.27. The molecule has 2 unspecified atom stereocenters. The molecule has 0 aromatic heterocycles. The van der Waals surface area contributed by atoms with E-state index < -0.39 is 0 Å². The van der Waals surface area contributed by atoms with Gasteiger partial charge in [-0.25, -0.2) is 0 Å². The Kier molecular flexibility index (Phi) is 11.0. The van der Waals surface area contributed by atoms with Gasteiger partial charge in [0.1, 0.15) is 5.78 Å². The third-order valence-electron chi connectivity index (χ3n) is 5.01. The predicted octanol–water partition coefficient (Wildman–Crippen LogP) is 3.46. The topological polar surface area (TPSA) is 75.6 Å². The van der Waals surface area contributed by atoms with Gasteiger partial charge >= 0.3 is 0 Å². The number of likely N-dealkylation sites (N-methyl/N-ethyl adjacent to an activating group) is 1. The van der Waals surface area contributed by atoms with Crippen LogP contribution in [0, 0.1) is 5.41 Å². The minimum absolute atomic E-state index is 0.139. The van der Waals surface area contributed by atoms with Gasteiger partial charge in [0, 0.05) is 42.2 Å². The molecule has 6 heteroatoms. The van der Waals surface area contributed by atoms with Crippen LogP contribution in [-0.4, -0.2) is 53.8 Å². The Labute approximate surface area is 171 Å². The molecule has 1 rings (SSSR count). The number of carbonyl (C=O) groups is 1. The van der Waals surface area contributed by atoms with E-state index in [-0.39, 0.29) is 17.2 Å². The molecule has 1 aliphatic rings. The van der Waals surface area contributed by atoms with E-state index in [2.05, 4.69) is 37.1 Å². The number of carbonyl (C=O) groups excluding carboxylic acids is 1. The lowest BCUT2D eigenvalue weighted by Crippen LogP contribution is -2.54. The average molecular weight is 399 g/mol. The third-order valence-corrected chi connectivity index (χ3v) is 5.43. The van der Waals surface area contributed by atoms with Gasteiger partial charge in [0.2, 0.25) is 0 Å². The lowest BCUT2D eigenvalue weighted by molar-refractivity contribution is -0.124. The molecule has 5 nitrogen and oxygen atoms in total. The van der Waals surface area contributed by atoms with E-state index in [1.165, 1.54) is 6.08 Å². The zero-order chi connectivity index (χ0) is 21.4. The Morgan fingerprint density at radius 1 is 1.30 bits per heavy atom. The molecule has 1 fully saturated rings. The summed E-state index contributed by atoms with van der Waals surface area (Å²) in [6.07, 6.45) is 3.27. The number of piperazine rings is 1. The number of nitrogens with zero attached hydrogens (tertiary/aromatic N) is 2. The highest BCUT2D eigenvalue weighted by atomic mass is 35.5. The van der Waals surface area contributed by atoms with Gasteiger partial charge in [-0.3, -0.25) is 9.69 Å². The first-order chi connectivity index (χ1) is 12.3. The predicted molar refractivity (Wildman–Crippen MR) is 117 cm³/mol. The molecule has 0 saturated carbocycles. The number of hydrogen-bond donors (Lipinski definition) is 2. The van der Waals surface area contributed by atoms with Crippen LogP contribution < -0.4 is 11.5 Å². The minimum Gasteiger partial charge on any atom is -0.397 e. The van der Waals surface area contributed by atoms with E-state index in [1.54, 1.807) is 13.0 Å². The fourth-order valence-corrected chi connectivity index (χ4v) is 2.78. The van der Waals surface area contributed by atoms with Gasteiger partial charge < -0.3 is 16.4 Å². The normalized spacial score (nSPS) is 21.6. The lowest BCUT2D eigenvalue weighted by atomic mass is 9.92. The zero-order valence-corrected chi connectivity index (χ0v) is 18.9. The molecular weight excluding hydrogens is 360 g/mol. The van der Waals surface area contributed by atoms with Gasteiger partial charge in [0.25, 0.3) is 0 Å². The molecule has 1 aliphatic heterocycles. The average Bonchev–Trinajstić information content (AvgIpc) is 2.59. The van der Waals surface area contributed by atoms with Crippen LogP contribution in [0.4, 0.5) is 0 Å². The number of nitrogens with two attached hydrogens (primary N) is 2. The van der Waals surface area contributed by atoms with E-state index in [4.69, 9.17) is 23.1 Å². The van der Waals surface area contributed by atoms with Gasteiger partial charge in [-0.15, -0.1) is 0 Å². The molecule has 156 valence electrons. The highest BCUT2D eigenvalue weighted by Crippen LogP contribution is 2.21. The van der Waals surface area contributed by atoms with Gasteiger partial charge in [-0.1, -0.05) is 45.9 Å². The fourth-order valence-electron chi connectivity index (χ4n) is 2.54. The Morgan fingerprint density at radius 3 is 2.19 bits per heavy atom. The zero-order valence-electron chi connectivity index (χ0n) is 18.2. The Morgan fingerprint density at radius 2 is 1.81 bits per heavy atom. The molecule has 0 amide bonds. The van der Waals surface area contributed by atoms with Crippen molar-refractivity contribution in [3.8, 4) is 0 Å². The second kappa shape index (κ2) is 11.5. The summed E-state index contributed by atoms with van der Waals surface area (Å²) in [6.45, 7) is 21.8. The molecule has 1 saturated heterocycles. The molecule has 0 aromatic rings. The maximum Gasteiger partial charge on any atom is 0.135 e. The molecule has 0 radical (unpaired) electrons. The van der Waals surface area contributed by atoms with Gasteiger partial charge in [0.15, 0.2) is 0 Å². The van der Waals surface area contributed by atoms with Crippen molar-refractivity contribution in [3.63, 3.8) is 0 Å². The molecule has 0 bridgehead atoms. The van der Waals surface area contributed by atoms with Crippen molar-refractivity contribution in [1.82, 2.24) is 9.80 Å². The van der Waals surface area contributed by atoms with Crippen molar-refractivity contribution in [1.29, 1.82) is 0 Å². The summed E-state index contributed by atoms with van der Waals surface area (Å²) in [4.78, 5) is 15.3. The van der Waals surface area contributed by atoms with E-state index in [0.29, 0.717) is 22.5 Å². The molecule has 2 atom stereocenters. The number of allylic oxidation sites excluding steroid dienone is 2. The molecule has 27 heavy (non-hydrogen) atoms. The van der Waals surface area contributed by atoms with Crippen LogP contribution in [0.15, 0.2) is 35.2 Å². The third kappa shape index (κ3) is 8.96. The van der Waals surface area contributed by atoms with Crippen LogP contribution in [0.3, 0.4) is 0 Å². The number of ketones is 1. The SMILES string of the molecule is C=C/C(N)=C(N)\C=C(\Cl)C(C)N1CCN(CC)CC1C.CC(=O)C(C)(C)C. The molecule has 0 aromatic carbocycles. The van der Waals surface area contributed by atoms with Crippen molar-refractivity contribution < 1.29 is 4.79 Å². The minimum atomic E-state index is -0.139. The van der Waals surface area contributed by atoms with Gasteiger partial charge in [-0.05, 0) is 39.5 Å². The Balaban J connectivity index is 0.000000821. The largest absolute Gasteiger partial charge is 0.397 e. The molecule has 4 N–H and O–H groups in total. The number of halogens is 1. The van der Waals surface area contributed by atoms with Gasteiger partial charge in [0.05, 0.1) is 11.4 Å². The van der Waals surface area contributed by atoms with Crippen LogP contribution in [0.5, 0.6) is 0 Å². The van der Waals surface area contributed by atoms with Crippen molar-refractivity contribution in [2.75, 3.05) is 26.2 Å². The summed E-state index contributed by atoms with van der Waals surface area (Å²) in [5.74, 6) is 0.243. The van der Waals surface area contributed by atoms with Crippen molar-refractivity contribution in [3.05, 3.63) is 35.2 Å². The van der Waals surface area contributed by atoms with Crippen LogP contribution in [-0.2, 0) is 4.79 Å². The van der Waals surface area contributed by atoms with Crippen molar-refractivity contribution in [2.45, 2.75) is 60.5 Å². The Bertz CT molecular complexity index is 563. The monoisotopic (exact) mass is 398 g/mol. The van der Waals surface area contributed by atoms with E-state index in [9.17, 15) is 4.79 Å². The summed E-state index contributed by atoms with van der Waals surface area (Å²) in [6, 6.07) is 0.615. The maximum atomic E-state index is 10.5. The van der Waals surface area contributed by atoms with Crippen molar-refractivity contribution in [2.24, 2.45) is 16.9 Å². The Hall–Kier alpha value is -1.30. The lowest BCUT2D eigenvalue weighted by Gasteiger charge is -2.42. The second-order valence-electron chi connectivity index (χ2n) is 8.11. The maximum absolute atomic E-state index is 10.5. The first-order valence-corrected chi connectivity index (χ1v) is 9.96. The standard InChI is InChI=1S/C15H27ClN4.C6H12O/c1-5-14(17)15(18)9-13(16)12(4)20-8-7-19(6-2)10-11(20)3;1-5(7)6(2,3)4/h5,9,11-12H,1,6-8,10,17-18H2,2-4H3;1-4H3/b13-9+,15-14-;. The molecule has 0 aliphatic carbocycles. The highest BCUT2D eigenvalue weighted by molar-refractivity contribution is 6.30. The van der Waals surface area contributed by atoms with Crippen molar-refractivity contribution >= 4 is 17.4 Å².